The number of aromatic amines is 1. The van der Waals surface area contributed by atoms with Crippen molar-refractivity contribution < 1.29 is 47.6 Å². The number of aromatic nitrogens is 2. The fourth-order valence-corrected chi connectivity index (χ4v) is 10.4. The van der Waals surface area contributed by atoms with E-state index in [1.165, 1.54) is 38.8 Å². The Morgan fingerprint density at radius 1 is 0.720 bits per heavy atom. The Labute approximate surface area is 438 Å². The second-order valence-electron chi connectivity index (χ2n) is 20.1. The van der Waals surface area contributed by atoms with E-state index in [4.69, 9.17) is 28.4 Å². The zero-order chi connectivity index (χ0) is 52.2. The van der Waals surface area contributed by atoms with Gasteiger partial charge in [0.1, 0.15) is 12.7 Å². The van der Waals surface area contributed by atoms with Gasteiger partial charge in [0.05, 0.1) is 22.3 Å². The Bertz CT molecular complexity index is 2880. The summed E-state index contributed by atoms with van der Waals surface area (Å²) in [6, 6.07) is 39.6. The smallest absolute Gasteiger partial charge is 0.338 e. The number of piperidine rings is 2. The number of ether oxygens (including phenoxy) is 6. The minimum Gasteiger partial charge on any atom is -0.459 e. The monoisotopic (exact) mass is 1010 g/mol. The standard InChI is InChI=1S/C61H66N4O10/c1-41(2)51-49(38-48-29-28-43(37-42(48)3)19-16-17-35-65-36-18-30-61(40-65)31-33-62-34-32-61)55(64-63-51)75-60-54(74-59(69)47-26-14-7-15-27-47)53(73-58(68)46-24-12-6-13-25-46)52(72-57(67)45-22-10-5-11-23-45)50(71-60)39-70-56(66)44-20-8-4-9-21-44/h4-16,19-29,37,41,50,52-54,60,62H,17-18,30-36,38-40H2,1-3H3,(H,63,64)/b19-16+/t50-,52-,53+,54-,60-/m1/s1. The van der Waals surface area contributed by atoms with E-state index in [9.17, 15) is 19.2 Å². The molecule has 75 heavy (non-hydrogen) atoms. The zero-order valence-corrected chi connectivity index (χ0v) is 42.9. The average molecular weight is 1020 g/mol. The van der Waals surface area contributed by atoms with Gasteiger partial charge in [0.2, 0.25) is 18.3 Å². The maximum absolute atomic E-state index is 14.2. The maximum Gasteiger partial charge on any atom is 0.338 e. The van der Waals surface area contributed by atoms with Gasteiger partial charge in [-0.2, -0.15) is 0 Å². The number of benzene rings is 5. The Morgan fingerprint density at radius 3 is 1.85 bits per heavy atom. The molecule has 0 aliphatic carbocycles. The highest BCUT2D eigenvalue weighted by Gasteiger charge is 2.55. The number of esters is 4. The van der Waals surface area contributed by atoms with Crippen LogP contribution in [0.5, 0.6) is 5.88 Å². The van der Waals surface area contributed by atoms with Gasteiger partial charge in [0.15, 0.2) is 12.2 Å². The lowest BCUT2D eigenvalue weighted by Crippen LogP contribution is -2.64. The third kappa shape index (κ3) is 13.3. The van der Waals surface area contributed by atoms with Gasteiger partial charge in [0, 0.05) is 30.8 Å². The molecule has 0 radical (unpaired) electrons. The highest BCUT2D eigenvalue weighted by Crippen LogP contribution is 2.39. The summed E-state index contributed by atoms with van der Waals surface area (Å²) in [5.41, 5.74) is 6.02. The van der Waals surface area contributed by atoms with Crippen LogP contribution in [0.3, 0.4) is 0 Å². The Hall–Kier alpha value is -7.39. The van der Waals surface area contributed by atoms with E-state index in [1.54, 1.807) is 121 Å². The summed E-state index contributed by atoms with van der Waals surface area (Å²) in [6.45, 7) is 11.3. The first-order valence-corrected chi connectivity index (χ1v) is 26.1. The molecule has 1 spiro atoms. The second kappa shape index (κ2) is 24.8. The van der Waals surface area contributed by atoms with E-state index in [-0.39, 0.29) is 34.1 Å². The summed E-state index contributed by atoms with van der Waals surface area (Å²) < 4.78 is 38.2. The first-order chi connectivity index (χ1) is 36.5. The van der Waals surface area contributed by atoms with Crippen LogP contribution < -0.4 is 10.1 Å². The molecule has 4 heterocycles. The lowest BCUT2D eigenvalue weighted by Gasteiger charge is -2.45. The minimum atomic E-state index is -1.60. The van der Waals surface area contributed by atoms with Gasteiger partial charge < -0.3 is 38.6 Å². The molecular formula is C61H66N4O10. The normalized spacial score (nSPS) is 20.6. The van der Waals surface area contributed by atoms with Crippen molar-refractivity contribution in [2.75, 3.05) is 39.3 Å². The van der Waals surface area contributed by atoms with Crippen LogP contribution in [-0.2, 0) is 30.1 Å². The first-order valence-electron chi connectivity index (χ1n) is 26.1. The topological polar surface area (TPSA) is 168 Å². The second-order valence-corrected chi connectivity index (χ2v) is 20.1. The third-order valence-electron chi connectivity index (χ3n) is 14.5. The van der Waals surface area contributed by atoms with Gasteiger partial charge in [-0.25, -0.2) is 19.2 Å². The SMILES string of the molecule is Cc1cc(/C=C/CCN2CCCC3(CCNCC3)C2)ccc1Cc1c(O[C@H]2O[C@H](COC(=O)c3ccccc3)[C@@H](OC(=O)c3ccccc3)[C@H](OC(=O)c3ccccc3)[C@H]2OC(=O)c2ccccc2)n[nH]c1C(C)C. The molecule has 0 amide bonds. The lowest BCUT2D eigenvalue weighted by molar-refractivity contribution is -0.276. The van der Waals surface area contributed by atoms with Crippen molar-refractivity contribution in [3.63, 3.8) is 0 Å². The minimum absolute atomic E-state index is 0.0255. The average Bonchev–Trinajstić information content (AvgIpc) is 3.84. The van der Waals surface area contributed by atoms with E-state index in [0.717, 1.165) is 54.0 Å². The van der Waals surface area contributed by atoms with E-state index in [0.29, 0.717) is 11.8 Å². The number of nitrogens with zero attached hydrogens (tertiary/aromatic N) is 2. The molecule has 3 fully saturated rings. The summed E-state index contributed by atoms with van der Waals surface area (Å²) in [5.74, 6) is -2.98. The van der Waals surface area contributed by atoms with Crippen LogP contribution >= 0.6 is 0 Å². The summed E-state index contributed by atoms with van der Waals surface area (Å²) >= 11 is 0. The molecule has 0 unspecified atom stereocenters. The molecule has 14 nitrogen and oxygen atoms in total. The summed E-state index contributed by atoms with van der Waals surface area (Å²) in [6.07, 6.45) is 3.35. The lowest BCUT2D eigenvalue weighted by atomic mass is 9.73. The number of H-pyrrole nitrogens is 1. The van der Waals surface area contributed by atoms with E-state index < -0.39 is 61.2 Å². The van der Waals surface area contributed by atoms with E-state index in [1.807, 2.05) is 13.8 Å². The summed E-state index contributed by atoms with van der Waals surface area (Å²) in [4.78, 5) is 58.7. The molecule has 3 saturated heterocycles. The van der Waals surface area contributed by atoms with Crippen molar-refractivity contribution in [1.29, 1.82) is 0 Å². The van der Waals surface area contributed by atoms with Gasteiger partial charge in [-0.15, -0.1) is 5.10 Å². The molecule has 2 N–H and O–H groups in total. The molecule has 0 bridgehead atoms. The van der Waals surface area contributed by atoms with Crippen molar-refractivity contribution in [1.82, 2.24) is 20.4 Å². The summed E-state index contributed by atoms with van der Waals surface area (Å²) in [5, 5.41) is 11.4. The summed E-state index contributed by atoms with van der Waals surface area (Å²) in [7, 11) is 0. The van der Waals surface area contributed by atoms with Gasteiger partial charge in [-0.1, -0.05) is 117 Å². The Morgan fingerprint density at radius 2 is 1.28 bits per heavy atom. The van der Waals surface area contributed by atoms with Gasteiger partial charge >= 0.3 is 23.9 Å². The molecule has 5 atom stereocenters. The predicted octanol–water partition coefficient (Wildman–Crippen LogP) is 9.94. The van der Waals surface area contributed by atoms with Gasteiger partial charge in [-0.05, 0) is 135 Å². The number of rotatable bonds is 18. The largest absolute Gasteiger partial charge is 0.459 e. The van der Waals surface area contributed by atoms with Crippen molar-refractivity contribution in [2.45, 2.75) is 95.9 Å². The van der Waals surface area contributed by atoms with Crippen LogP contribution in [0.15, 0.2) is 146 Å². The molecular weight excluding hydrogens is 949 g/mol. The van der Waals surface area contributed by atoms with Crippen LogP contribution in [0.1, 0.15) is 121 Å². The van der Waals surface area contributed by atoms with E-state index in [2.05, 4.69) is 57.7 Å². The molecule has 1 aromatic heterocycles. The quantitative estimate of drug-likeness (QED) is 0.0617. The molecule has 5 aromatic carbocycles. The molecule has 3 aliphatic rings. The van der Waals surface area contributed by atoms with Crippen LogP contribution in [0.25, 0.3) is 6.08 Å². The zero-order valence-electron chi connectivity index (χ0n) is 42.9. The number of likely N-dealkylation sites (tertiary alicyclic amines) is 1. The number of carbonyl (C=O) groups is 4. The Kier molecular flexibility index (Phi) is 17.3. The predicted molar refractivity (Wildman–Crippen MR) is 283 cm³/mol. The van der Waals surface area contributed by atoms with Crippen LogP contribution in [0, 0.1) is 12.3 Å². The molecule has 3 aliphatic heterocycles. The first kappa shape index (κ1) is 52.5. The highest BCUT2D eigenvalue weighted by atomic mass is 16.7. The van der Waals surface area contributed by atoms with Crippen molar-refractivity contribution >= 4 is 30.0 Å². The maximum atomic E-state index is 14.2. The number of hydrogen-bond donors (Lipinski definition) is 2. The number of carbonyl (C=O) groups excluding carboxylic acids is 4. The molecule has 9 rings (SSSR count). The van der Waals surface area contributed by atoms with Crippen molar-refractivity contribution in [3.8, 4) is 5.88 Å². The fourth-order valence-electron chi connectivity index (χ4n) is 10.4. The molecule has 6 aromatic rings. The molecule has 0 saturated carbocycles. The molecule has 390 valence electrons. The fraction of sp³-hybridized carbons (Fsp3) is 0.361. The third-order valence-corrected chi connectivity index (χ3v) is 14.5. The van der Waals surface area contributed by atoms with Crippen LogP contribution in [0.2, 0.25) is 0 Å². The van der Waals surface area contributed by atoms with Gasteiger partial charge in [0.25, 0.3) is 0 Å². The van der Waals surface area contributed by atoms with Crippen molar-refractivity contribution in [3.05, 3.63) is 196 Å². The number of nitrogens with one attached hydrogen (secondary N) is 2. The Balaban J connectivity index is 1.02. The van der Waals surface area contributed by atoms with Crippen molar-refractivity contribution in [2.24, 2.45) is 5.41 Å². The van der Waals surface area contributed by atoms with Gasteiger partial charge in [-0.3, -0.25) is 5.10 Å². The van der Waals surface area contributed by atoms with E-state index >= 15 is 0 Å². The highest BCUT2D eigenvalue weighted by molar-refractivity contribution is 5.91. The van der Waals surface area contributed by atoms with Crippen LogP contribution in [-0.4, -0.2) is 109 Å². The number of hydrogen-bond acceptors (Lipinski definition) is 13. The molecule has 14 heteroatoms. The van der Waals surface area contributed by atoms with Crippen LogP contribution in [0.4, 0.5) is 0 Å². The number of aryl methyl sites for hydroxylation is 1.